The molecule has 0 aromatic heterocycles. The van der Waals surface area contributed by atoms with Crippen LogP contribution in [0.2, 0.25) is 0 Å². The summed E-state index contributed by atoms with van der Waals surface area (Å²) in [7, 11) is -1.69. The van der Waals surface area contributed by atoms with Gasteiger partial charge in [-0.25, -0.2) is 13.8 Å². The Kier molecular flexibility index (Phi) is 5.07. The number of phenolic OH excluding ortho intramolecular Hbond substituents is 1. The molecular weight excluding hydrogens is 376 g/mol. The van der Waals surface area contributed by atoms with Crippen molar-refractivity contribution in [3.8, 4) is 11.5 Å². The van der Waals surface area contributed by atoms with Gasteiger partial charge >= 0.3 is 0 Å². The monoisotopic (exact) mass is 390 g/mol. The van der Waals surface area contributed by atoms with Gasteiger partial charge in [0.1, 0.15) is 0 Å². The zero-order chi connectivity index (χ0) is 16.3. The predicted molar refractivity (Wildman–Crippen MR) is 84.9 cm³/mol. The Bertz CT molecular complexity index is 717. The molecule has 1 heterocycles. The van der Waals surface area contributed by atoms with Crippen LogP contribution in [0, 0.1) is 5.92 Å². The maximum absolute atomic E-state index is 11.8. The highest BCUT2D eigenvalue weighted by molar-refractivity contribution is 9.10. The van der Waals surface area contributed by atoms with Crippen molar-refractivity contribution in [2.75, 3.05) is 18.6 Å². The summed E-state index contributed by atoms with van der Waals surface area (Å²) in [6.07, 6.45) is 1.57. The normalized spacial score (nSPS) is 20.2. The number of nitrogens with one attached hydrogen (secondary N) is 1. The highest BCUT2D eigenvalue weighted by Crippen LogP contribution is 2.32. The lowest BCUT2D eigenvalue weighted by Gasteiger charge is -2.07. The first-order chi connectivity index (χ1) is 10.3. The van der Waals surface area contributed by atoms with Crippen molar-refractivity contribution in [2.45, 2.75) is 6.42 Å². The summed E-state index contributed by atoms with van der Waals surface area (Å²) in [6, 6.07) is 3.20. The Labute approximate surface area is 136 Å². The van der Waals surface area contributed by atoms with E-state index in [0.29, 0.717) is 16.5 Å². The number of amides is 1. The standard InChI is InChI=1S/C13H15BrN2O5S/c1-21-11-5-10(14)4-9(12(11)17)6-15-16-13(18)8-2-3-22(19,20)7-8/h4-6,8,17H,2-3,7H2,1H3,(H,16,18)/b15-6+/t8-/m0/s1. The number of ether oxygens (including phenoxy) is 1. The molecular formula is C13H15BrN2O5S. The van der Waals surface area contributed by atoms with Gasteiger partial charge < -0.3 is 9.84 Å². The van der Waals surface area contributed by atoms with Crippen molar-refractivity contribution in [3.63, 3.8) is 0 Å². The van der Waals surface area contributed by atoms with Crippen molar-refractivity contribution >= 4 is 37.9 Å². The van der Waals surface area contributed by atoms with Crippen LogP contribution in [0.3, 0.4) is 0 Å². The molecule has 0 radical (unpaired) electrons. The molecule has 1 fully saturated rings. The fourth-order valence-corrected chi connectivity index (χ4v) is 4.30. The van der Waals surface area contributed by atoms with Gasteiger partial charge in [-0.15, -0.1) is 0 Å². The largest absolute Gasteiger partial charge is 0.504 e. The highest BCUT2D eigenvalue weighted by Gasteiger charge is 2.32. The molecule has 22 heavy (non-hydrogen) atoms. The van der Waals surface area contributed by atoms with Gasteiger partial charge in [-0.1, -0.05) is 15.9 Å². The fourth-order valence-electron chi connectivity index (χ4n) is 2.11. The smallest absolute Gasteiger partial charge is 0.244 e. The summed E-state index contributed by atoms with van der Waals surface area (Å²) in [5.41, 5.74) is 2.65. The van der Waals surface area contributed by atoms with E-state index in [1.165, 1.54) is 13.3 Å². The van der Waals surface area contributed by atoms with Gasteiger partial charge in [-0.2, -0.15) is 5.10 Å². The molecule has 1 aliphatic heterocycles. The first-order valence-electron chi connectivity index (χ1n) is 6.42. The van der Waals surface area contributed by atoms with E-state index in [2.05, 4.69) is 26.5 Å². The number of carbonyl (C=O) groups is 1. The Hall–Kier alpha value is -1.61. The third-order valence-electron chi connectivity index (χ3n) is 3.27. The van der Waals surface area contributed by atoms with E-state index in [0.717, 1.165) is 0 Å². The average molecular weight is 391 g/mol. The molecule has 1 aliphatic rings. The number of hydrazone groups is 1. The van der Waals surface area contributed by atoms with Gasteiger partial charge in [0.2, 0.25) is 5.91 Å². The molecule has 1 amide bonds. The SMILES string of the molecule is COc1cc(Br)cc(/C=N/NC(=O)[C@H]2CCS(=O)(=O)C2)c1O. The van der Waals surface area contributed by atoms with Crippen LogP contribution in [0.25, 0.3) is 0 Å². The number of phenols is 1. The number of halogens is 1. The number of benzene rings is 1. The molecule has 0 aliphatic carbocycles. The minimum absolute atomic E-state index is 0.0262. The molecule has 9 heteroatoms. The molecule has 7 nitrogen and oxygen atoms in total. The number of hydrogen-bond acceptors (Lipinski definition) is 6. The van der Waals surface area contributed by atoms with Crippen molar-refractivity contribution in [3.05, 3.63) is 22.2 Å². The fraction of sp³-hybridized carbons (Fsp3) is 0.385. The molecule has 2 rings (SSSR count). The second-order valence-electron chi connectivity index (χ2n) is 4.88. The van der Waals surface area contributed by atoms with E-state index in [1.807, 2.05) is 0 Å². The van der Waals surface area contributed by atoms with Crippen LogP contribution in [0.1, 0.15) is 12.0 Å². The van der Waals surface area contributed by atoms with Crippen molar-refractivity contribution in [2.24, 2.45) is 11.0 Å². The minimum atomic E-state index is -3.11. The maximum Gasteiger partial charge on any atom is 0.244 e. The van der Waals surface area contributed by atoms with Crippen LogP contribution in [-0.2, 0) is 14.6 Å². The summed E-state index contributed by atoms with van der Waals surface area (Å²) in [5.74, 6) is -0.981. The summed E-state index contributed by atoms with van der Waals surface area (Å²) >= 11 is 3.27. The highest BCUT2D eigenvalue weighted by atomic mass is 79.9. The van der Waals surface area contributed by atoms with Gasteiger partial charge in [0.25, 0.3) is 0 Å². The quantitative estimate of drug-likeness (QED) is 0.590. The molecule has 1 saturated heterocycles. The Morgan fingerprint density at radius 3 is 2.86 bits per heavy atom. The molecule has 0 spiro atoms. The zero-order valence-electron chi connectivity index (χ0n) is 11.7. The Balaban J connectivity index is 2.04. The summed E-state index contributed by atoms with van der Waals surface area (Å²) in [5, 5.41) is 13.7. The van der Waals surface area contributed by atoms with Crippen LogP contribution in [-0.4, -0.2) is 44.3 Å². The third kappa shape index (κ3) is 3.98. The van der Waals surface area contributed by atoms with E-state index in [1.54, 1.807) is 12.1 Å². The van der Waals surface area contributed by atoms with Crippen molar-refractivity contribution in [1.82, 2.24) is 5.43 Å². The van der Waals surface area contributed by atoms with E-state index in [-0.39, 0.29) is 23.0 Å². The van der Waals surface area contributed by atoms with E-state index < -0.39 is 21.7 Å². The Morgan fingerprint density at radius 2 is 2.27 bits per heavy atom. The number of carbonyl (C=O) groups excluding carboxylic acids is 1. The first-order valence-corrected chi connectivity index (χ1v) is 9.03. The van der Waals surface area contributed by atoms with Crippen LogP contribution < -0.4 is 10.2 Å². The van der Waals surface area contributed by atoms with E-state index in [9.17, 15) is 18.3 Å². The summed E-state index contributed by atoms with van der Waals surface area (Å²) in [4.78, 5) is 11.8. The lowest BCUT2D eigenvalue weighted by molar-refractivity contribution is -0.124. The zero-order valence-corrected chi connectivity index (χ0v) is 14.1. The third-order valence-corrected chi connectivity index (χ3v) is 5.50. The predicted octanol–water partition coefficient (Wildman–Crippen LogP) is 1.05. The number of nitrogens with zero attached hydrogens (tertiary/aromatic N) is 1. The van der Waals surface area contributed by atoms with Crippen LogP contribution in [0.15, 0.2) is 21.7 Å². The molecule has 2 N–H and O–H groups in total. The van der Waals surface area contributed by atoms with Crippen molar-refractivity contribution < 1.29 is 23.1 Å². The molecule has 0 saturated carbocycles. The lowest BCUT2D eigenvalue weighted by atomic mass is 10.1. The molecule has 1 aromatic carbocycles. The number of methoxy groups -OCH3 is 1. The summed E-state index contributed by atoms with van der Waals surface area (Å²) in [6.45, 7) is 0. The van der Waals surface area contributed by atoms with Gasteiger partial charge in [-0.05, 0) is 18.6 Å². The number of hydrogen-bond donors (Lipinski definition) is 2. The maximum atomic E-state index is 11.8. The average Bonchev–Trinajstić information content (AvgIpc) is 2.82. The van der Waals surface area contributed by atoms with Gasteiger partial charge in [-0.3, -0.25) is 4.79 Å². The van der Waals surface area contributed by atoms with Crippen LogP contribution >= 0.6 is 15.9 Å². The summed E-state index contributed by atoms with van der Waals surface area (Å²) < 4.78 is 28.3. The second kappa shape index (κ2) is 6.66. The van der Waals surface area contributed by atoms with E-state index in [4.69, 9.17) is 4.74 Å². The van der Waals surface area contributed by atoms with Crippen LogP contribution in [0.5, 0.6) is 11.5 Å². The molecule has 1 aromatic rings. The lowest BCUT2D eigenvalue weighted by Crippen LogP contribution is -2.27. The van der Waals surface area contributed by atoms with Crippen LogP contribution in [0.4, 0.5) is 0 Å². The second-order valence-corrected chi connectivity index (χ2v) is 8.02. The topological polar surface area (TPSA) is 105 Å². The first kappa shape index (κ1) is 16.8. The molecule has 1 atom stereocenters. The van der Waals surface area contributed by atoms with Gasteiger partial charge in [0, 0.05) is 10.0 Å². The number of rotatable bonds is 4. The van der Waals surface area contributed by atoms with Crippen molar-refractivity contribution in [1.29, 1.82) is 0 Å². The van der Waals surface area contributed by atoms with Gasteiger partial charge in [0.05, 0.1) is 30.7 Å². The molecule has 0 unspecified atom stereocenters. The number of sulfone groups is 1. The molecule has 0 bridgehead atoms. The number of aromatic hydroxyl groups is 1. The van der Waals surface area contributed by atoms with E-state index >= 15 is 0 Å². The van der Waals surface area contributed by atoms with Gasteiger partial charge in [0.15, 0.2) is 21.3 Å². The Morgan fingerprint density at radius 1 is 1.55 bits per heavy atom. The molecule has 120 valence electrons. The minimum Gasteiger partial charge on any atom is -0.504 e.